The average molecular weight is 297 g/mol. The van der Waals surface area contributed by atoms with Crippen molar-refractivity contribution >= 4 is 5.91 Å². The zero-order valence-electron chi connectivity index (χ0n) is 12.2. The summed E-state index contributed by atoms with van der Waals surface area (Å²) < 4.78 is 0. The molecule has 2 atom stereocenters. The Labute approximate surface area is 129 Å². The first-order valence-electron chi connectivity index (χ1n) is 7.48. The first-order valence-corrected chi connectivity index (χ1v) is 7.48. The summed E-state index contributed by atoms with van der Waals surface area (Å²) in [6.45, 7) is 0.632. The van der Waals surface area contributed by atoms with Crippen LogP contribution in [0.1, 0.15) is 23.5 Å². The third-order valence-electron chi connectivity index (χ3n) is 4.11. The second kappa shape index (κ2) is 6.10. The first-order chi connectivity index (χ1) is 10.6. The fraction of sp³-hybridized carbons (Fsp3) is 0.278. The maximum absolute atomic E-state index is 12.1. The van der Waals surface area contributed by atoms with Gasteiger partial charge in [0.15, 0.2) is 11.5 Å². The number of hydrogen-bond donors (Lipinski definition) is 3. The maximum atomic E-state index is 12.1. The molecule has 2 aromatic carbocycles. The monoisotopic (exact) mass is 297 g/mol. The van der Waals surface area contributed by atoms with E-state index in [0.717, 1.165) is 18.4 Å². The Kier molecular flexibility index (Phi) is 4.00. The first kappa shape index (κ1) is 14.4. The molecule has 0 radical (unpaired) electrons. The SMILES string of the molecule is O=C(NCCc1ccccc1)C1CC1c1ccc(O)c(O)c1. The summed E-state index contributed by atoms with van der Waals surface area (Å²) >= 11 is 0. The number of aromatic hydroxyl groups is 2. The normalized spacial score (nSPS) is 19.6. The molecule has 0 spiro atoms. The number of amides is 1. The fourth-order valence-corrected chi connectivity index (χ4v) is 2.73. The van der Waals surface area contributed by atoms with Crippen molar-refractivity contribution < 1.29 is 15.0 Å². The quantitative estimate of drug-likeness (QED) is 0.743. The van der Waals surface area contributed by atoms with E-state index in [1.165, 1.54) is 17.7 Å². The van der Waals surface area contributed by atoms with Crippen LogP contribution in [0.25, 0.3) is 0 Å². The smallest absolute Gasteiger partial charge is 0.223 e. The average Bonchev–Trinajstić information content (AvgIpc) is 3.32. The number of carbonyl (C=O) groups excluding carboxylic acids is 1. The van der Waals surface area contributed by atoms with Crippen LogP contribution in [-0.2, 0) is 11.2 Å². The van der Waals surface area contributed by atoms with Gasteiger partial charge >= 0.3 is 0 Å². The van der Waals surface area contributed by atoms with Crippen molar-refractivity contribution in [1.82, 2.24) is 5.32 Å². The van der Waals surface area contributed by atoms with Crippen molar-refractivity contribution in [3.8, 4) is 11.5 Å². The molecule has 1 amide bonds. The van der Waals surface area contributed by atoms with Crippen molar-refractivity contribution in [2.24, 2.45) is 5.92 Å². The van der Waals surface area contributed by atoms with Gasteiger partial charge in [-0.05, 0) is 42.0 Å². The van der Waals surface area contributed by atoms with Crippen LogP contribution in [0.4, 0.5) is 0 Å². The number of nitrogens with one attached hydrogen (secondary N) is 1. The highest BCUT2D eigenvalue weighted by atomic mass is 16.3. The Morgan fingerprint density at radius 2 is 1.86 bits per heavy atom. The highest BCUT2D eigenvalue weighted by molar-refractivity contribution is 5.83. The van der Waals surface area contributed by atoms with Crippen LogP contribution in [0.2, 0.25) is 0 Å². The largest absolute Gasteiger partial charge is 0.504 e. The highest BCUT2D eigenvalue weighted by Gasteiger charge is 2.43. The van der Waals surface area contributed by atoms with Gasteiger partial charge in [0.05, 0.1) is 0 Å². The molecule has 4 heteroatoms. The van der Waals surface area contributed by atoms with Crippen LogP contribution in [0, 0.1) is 5.92 Å². The number of rotatable bonds is 5. The van der Waals surface area contributed by atoms with Crippen molar-refractivity contribution in [2.75, 3.05) is 6.54 Å². The number of hydrogen-bond acceptors (Lipinski definition) is 3. The molecule has 0 aromatic heterocycles. The topological polar surface area (TPSA) is 69.6 Å². The Hall–Kier alpha value is -2.49. The van der Waals surface area contributed by atoms with Crippen molar-refractivity contribution in [3.05, 3.63) is 59.7 Å². The van der Waals surface area contributed by atoms with Crippen LogP contribution in [-0.4, -0.2) is 22.7 Å². The molecular weight excluding hydrogens is 278 g/mol. The van der Waals surface area contributed by atoms with Gasteiger partial charge < -0.3 is 15.5 Å². The molecular formula is C18H19NO3. The van der Waals surface area contributed by atoms with Crippen molar-refractivity contribution in [1.29, 1.82) is 0 Å². The van der Waals surface area contributed by atoms with Crippen LogP contribution in [0.5, 0.6) is 11.5 Å². The molecule has 3 N–H and O–H groups in total. The summed E-state index contributed by atoms with van der Waals surface area (Å²) in [5.41, 5.74) is 2.11. The lowest BCUT2D eigenvalue weighted by molar-refractivity contribution is -0.122. The maximum Gasteiger partial charge on any atom is 0.223 e. The van der Waals surface area contributed by atoms with E-state index < -0.39 is 0 Å². The van der Waals surface area contributed by atoms with Gasteiger partial charge in [-0.3, -0.25) is 4.79 Å². The highest BCUT2D eigenvalue weighted by Crippen LogP contribution is 2.48. The van der Waals surface area contributed by atoms with Crippen molar-refractivity contribution in [3.63, 3.8) is 0 Å². The van der Waals surface area contributed by atoms with Crippen molar-refractivity contribution in [2.45, 2.75) is 18.8 Å². The molecule has 1 aliphatic carbocycles. The molecule has 3 rings (SSSR count). The standard InChI is InChI=1S/C18H19NO3/c20-16-7-6-13(10-17(16)21)14-11-15(14)18(22)19-9-8-12-4-2-1-3-5-12/h1-7,10,14-15,20-21H,8-9,11H2,(H,19,22). The van der Waals surface area contributed by atoms with Crippen LogP contribution in [0.15, 0.2) is 48.5 Å². The van der Waals surface area contributed by atoms with E-state index in [9.17, 15) is 15.0 Å². The third-order valence-corrected chi connectivity index (χ3v) is 4.11. The summed E-state index contributed by atoms with van der Waals surface area (Å²) in [6.07, 6.45) is 1.62. The van der Waals surface area contributed by atoms with E-state index in [1.54, 1.807) is 6.07 Å². The van der Waals surface area contributed by atoms with E-state index in [-0.39, 0.29) is 29.2 Å². The molecule has 4 nitrogen and oxygen atoms in total. The Bertz CT molecular complexity index is 669. The molecule has 114 valence electrons. The number of phenolic OH excluding ortho intramolecular Hbond substituents is 2. The predicted octanol–water partition coefficient (Wildman–Crippen LogP) is 2.56. The van der Waals surface area contributed by atoms with Gasteiger partial charge in [0.1, 0.15) is 0 Å². The molecule has 1 fully saturated rings. The molecule has 1 aliphatic rings. The summed E-state index contributed by atoms with van der Waals surface area (Å²) in [6, 6.07) is 14.8. The molecule has 0 bridgehead atoms. The molecule has 22 heavy (non-hydrogen) atoms. The minimum atomic E-state index is -0.132. The predicted molar refractivity (Wildman–Crippen MR) is 83.8 cm³/mol. The number of phenols is 2. The van der Waals surface area contributed by atoms with E-state index in [1.807, 2.05) is 30.3 Å². The van der Waals surface area contributed by atoms with Crippen LogP contribution >= 0.6 is 0 Å². The lowest BCUT2D eigenvalue weighted by atomic mass is 10.1. The molecule has 0 saturated heterocycles. The van der Waals surface area contributed by atoms with Gasteiger partial charge in [-0.1, -0.05) is 36.4 Å². The minimum Gasteiger partial charge on any atom is -0.504 e. The molecule has 0 heterocycles. The summed E-state index contributed by atoms with van der Waals surface area (Å²) in [7, 11) is 0. The molecule has 0 aliphatic heterocycles. The van der Waals surface area contributed by atoms with E-state index in [4.69, 9.17) is 0 Å². The molecule has 2 aromatic rings. The van der Waals surface area contributed by atoms with Gasteiger partial charge in [-0.2, -0.15) is 0 Å². The minimum absolute atomic E-state index is 0.0280. The zero-order chi connectivity index (χ0) is 15.5. The van der Waals surface area contributed by atoms with Gasteiger partial charge in [-0.15, -0.1) is 0 Å². The van der Waals surface area contributed by atoms with Gasteiger partial charge in [0.25, 0.3) is 0 Å². The lowest BCUT2D eigenvalue weighted by Gasteiger charge is -2.06. The number of carbonyl (C=O) groups is 1. The third kappa shape index (κ3) is 3.22. The second-order valence-electron chi connectivity index (χ2n) is 5.72. The summed E-state index contributed by atoms with van der Waals surface area (Å²) in [4.78, 5) is 12.1. The Morgan fingerprint density at radius 3 is 2.59 bits per heavy atom. The van der Waals surface area contributed by atoms with Gasteiger partial charge in [0.2, 0.25) is 5.91 Å². The Balaban J connectivity index is 1.49. The summed E-state index contributed by atoms with van der Waals surface area (Å²) in [5, 5.41) is 21.8. The lowest BCUT2D eigenvalue weighted by Crippen LogP contribution is -2.27. The fourth-order valence-electron chi connectivity index (χ4n) is 2.73. The molecule has 2 unspecified atom stereocenters. The van der Waals surface area contributed by atoms with E-state index in [2.05, 4.69) is 5.32 Å². The van der Waals surface area contributed by atoms with E-state index >= 15 is 0 Å². The van der Waals surface area contributed by atoms with Crippen LogP contribution < -0.4 is 5.32 Å². The zero-order valence-corrected chi connectivity index (χ0v) is 12.2. The van der Waals surface area contributed by atoms with Gasteiger partial charge in [-0.25, -0.2) is 0 Å². The summed E-state index contributed by atoms with van der Waals surface area (Å²) in [5.74, 6) is -0.0858. The second-order valence-corrected chi connectivity index (χ2v) is 5.72. The van der Waals surface area contributed by atoms with Gasteiger partial charge in [0, 0.05) is 12.5 Å². The molecule has 1 saturated carbocycles. The Morgan fingerprint density at radius 1 is 1.09 bits per heavy atom. The van der Waals surface area contributed by atoms with E-state index in [0.29, 0.717) is 6.54 Å². The van der Waals surface area contributed by atoms with Crippen LogP contribution in [0.3, 0.4) is 0 Å². The number of benzene rings is 2.